The molecule has 0 amide bonds. The fraction of sp³-hybridized carbons (Fsp3) is 0.400. The second-order valence-electron chi connectivity index (χ2n) is 4.06. The standard InChI is InChI=1S/C10H13NO2/c1-10(2)5-6-3-7(12)4-8(11)9(6)13-10/h3-4,12H,5,11H2,1-2H3. The second kappa shape index (κ2) is 2.31. The molecule has 0 unspecified atom stereocenters. The molecule has 1 aliphatic rings. The summed E-state index contributed by atoms with van der Waals surface area (Å²) < 4.78 is 5.64. The Labute approximate surface area is 77.1 Å². The zero-order valence-electron chi connectivity index (χ0n) is 7.79. The van der Waals surface area contributed by atoms with Gasteiger partial charge in [-0.05, 0) is 19.9 Å². The molecule has 13 heavy (non-hydrogen) atoms. The molecule has 0 saturated carbocycles. The van der Waals surface area contributed by atoms with Crippen molar-refractivity contribution in [2.24, 2.45) is 0 Å². The molecule has 0 atom stereocenters. The van der Waals surface area contributed by atoms with Gasteiger partial charge in [-0.2, -0.15) is 0 Å². The smallest absolute Gasteiger partial charge is 0.146 e. The van der Waals surface area contributed by atoms with E-state index in [4.69, 9.17) is 10.5 Å². The summed E-state index contributed by atoms with van der Waals surface area (Å²) in [4.78, 5) is 0. The molecular formula is C10H13NO2. The highest BCUT2D eigenvalue weighted by molar-refractivity contribution is 5.62. The summed E-state index contributed by atoms with van der Waals surface area (Å²) in [7, 11) is 0. The average Bonchev–Trinajstić information content (AvgIpc) is 2.23. The Morgan fingerprint density at radius 3 is 2.85 bits per heavy atom. The molecule has 3 heteroatoms. The number of phenolic OH excluding ortho intramolecular Hbond substituents is 1. The van der Waals surface area contributed by atoms with Crippen molar-refractivity contribution < 1.29 is 9.84 Å². The van der Waals surface area contributed by atoms with Crippen LogP contribution < -0.4 is 10.5 Å². The molecule has 3 nitrogen and oxygen atoms in total. The number of ether oxygens (including phenoxy) is 1. The van der Waals surface area contributed by atoms with Gasteiger partial charge in [-0.1, -0.05) is 0 Å². The normalized spacial score (nSPS) is 18.0. The molecule has 0 bridgehead atoms. The highest BCUT2D eigenvalue weighted by atomic mass is 16.5. The van der Waals surface area contributed by atoms with E-state index in [1.165, 1.54) is 6.07 Å². The molecule has 1 aromatic carbocycles. The van der Waals surface area contributed by atoms with Gasteiger partial charge >= 0.3 is 0 Å². The van der Waals surface area contributed by atoms with Crippen molar-refractivity contribution in [3.63, 3.8) is 0 Å². The molecule has 0 aliphatic carbocycles. The second-order valence-corrected chi connectivity index (χ2v) is 4.06. The maximum Gasteiger partial charge on any atom is 0.146 e. The van der Waals surface area contributed by atoms with Gasteiger partial charge in [0.2, 0.25) is 0 Å². The summed E-state index contributed by atoms with van der Waals surface area (Å²) in [5, 5.41) is 9.31. The molecule has 70 valence electrons. The lowest BCUT2D eigenvalue weighted by molar-refractivity contribution is 0.139. The third-order valence-corrected chi connectivity index (χ3v) is 2.17. The Balaban J connectivity index is 2.52. The van der Waals surface area contributed by atoms with Crippen molar-refractivity contribution in [2.45, 2.75) is 25.9 Å². The lowest BCUT2D eigenvalue weighted by Gasteiger charge is -2.17. The van der Waals surface area contributed by atoms with Crippen LogP contribution in [0.4, 0.5) is 5.69 Å². The number of benzene rings is 1. The molecule has 1 heterocycles. The van der Waals surface area contributed by atoms with Crippen LogP contribution in [0.25, 0.3) is 0 Å². The minimum Gasteiger partial charge on any atom is -0.508 e. The van der Waals surface area contributed by atoms with Gasteiger partial charge in [-0.15, -0.1) is 0 Å². The molecule has 0 fully saturated rings. The summed E-state index contributed by atoms with van der Waals surface area (Å²) in [6.45, 7) is 4.01. The number of nitrogen functional groups attached to an aromatic ring is 1. The van der Waals surface area contributed by atoms with E-state index in [-0.39, 0.29) is 11.4 Å². The topological polar surface area (TPSA) is 55.5 Å². The van der Waals surface area contributed by atoms with Crippen molar-refractivity contribution >= 4 is 5.69 Å². The Bertz CT molecular complexity index is 358. The zero-order valence-corrected chi connectivity index (χ0v) is 7.79. The maximum absolute atomic E-state index is 9.31. The lowest BCUT2D eigenvalue weighted by Crippen LogP contribution is -2.24. The Kier molecular flexibility index (Phi) is 1.46. The van der Waals surface area contributed by atoms with E-state index in [9.17, 15) is 5.11 Å². The Hall–Kier alpha value is -1.38. The van der Waals surface area contributed by atoms with Crippen LogP contribution in [0.3, 0.4) is 0 Å². The molecule has 3 N–H and O–H groups in total. The molecule has 0 aromatic heterocycles. The van der Waals surface area contributed by atoms with Crippen molar-refractivity contribution in [1.29, 1.82) is 0 Å². The van der Waals surface area contributed by atoms with E-state index in [0.717, 1.165) is 17.7 Å². The monoisotopic (exact) mass is 179 g/mol. The minimum atomic E-state index is -0.204. The lowest BCUT2D eigenvalue weighted by atomic mass is 10.0. The predicted molar refractivity (Wildman–Crippen MR) is 50.9 cm³/mol. The van der Waals surface area contributed by atoms with E-state index in [1.54, 1.807) is 6.07 Å². The van der Waals surface area contributed by atoms with Crippen molar-refractivity contribution in [3.8, 4) is 11.5 Å². The van der Waals surface area contributed by atoms with E-state index < -0.39 is 0 Å². The van der Waals surface area contributed by atoms with Gasteiger partial charge in [0.1, 0.15) is 17.1 Å². The van der Waals surface area contributed by atoms with Crippen LogP contribution in [0, 0.1) is 0 Å². The molecule has 0 radical (unpaired) electrons. The number of rotatable bonds is 0. The summed E-state index contributed by atoms with van der Waals surface area (Å²) in [6.07, 6.45) is 0.793. The first-order chi connectivity index (χ1) is 5.98. The fourth-order valence-corrected chi connectivity index (χ4v) is 1.72. The SMILES string of the molecule is CC1(C)Cc2cc(O)cc(N)c2O1. The number of hydrogen-bond acceptors (Lipinski definition) is 3. The summed E-state index contributed by atoms with van der Waals surface area (Å²) in [5.41, 5.74) is 7.01. The number of hydrogen-bond donors (Lipinski definition) is 2. The maximum atomic E-state index is 9.31. The van der Waals surface area contributed by atoms with Gasteiger partial charge < -0.3 is 15.6 Å². The predicted octanol–water partition coefficient (Wildman–Crippen LogP) is 1.69. The number of fused-ring (bicyclic) bond motifs is 1. The van der Waals surface area contributed by atoms with Gasteiger partial charge in [0.25, 0.3) is 0 Å². The number of nitrogens with two attached hydrogens (primary N) is 1. The fourth-order valence-electron chi connectivity index (χ4n) is 1.72. The van der Waals surface area contributed by atoms with Gasteiger partial charge in [0.15, 0.2) is 0 Å². The number of aromatic hydroxyl groups is 1. The van der Waals surface area contributed by atoms with Crippen LogP contribution in [-0.4, -0.2) is 10.7 Å². The number of phenols is 1. The molecular weight excluding hydrogens is 166 g/mol. The quantitative estimate of drug-likeness (QED) is 0.596. The van der Waals surface area contributed by atoms with E-state index in [2.05, 4.69) is 0 Å². The summed E-state index contributed by atoms with van der Waals surface area (Å²) in [6, 6.07) is 3.22. The van der Waals surface area contributed by atoms with Gasteiger partial charge in [-0.25, -0.2) is 0 Å². The van der Waals surface area contributed by atoms with Crippen LogP contribution in [0.15, 0.2) is 12.1 Å². The molecule has 1 aromatic rings. The van der Waals surface area contributed by atoms with Crippen LogP contribution in [0.1, 0.15) is 19.4 Å². The van der Waals surface area contributed by atoms with Crippen LogP contribution in [0.5, 0.6) is 11.5 Å². The Morgan fingerprint density at radius 2 is 2.15 bits per heavy atom. The first-order valence-corrected chi connectivity index (χ1v) is 4.28. The number of anilines is 1. The van der Waals surface area contributed by atoms with Crippen LogP contribution >= 0.6 is 0 Å². The van der Waals surface area contributed by atoms with Gasteiger partial charge in [0.05, 0.1) is 5.69 Å². The first kappa shape index (κ1) is 8.23. The van der Waals surface area contributed by atoms with Crippen LogP contribution in [-0.2, 0) is 6.42 Å². The molecule has 1 aliphatic heterocycles. The molecule has 0 spiro atoms. The zero-order chi connectivity index (χ0) is 9.64. The highest BCUT2D eigenvalue weighted by Crippen LogP contribution is 2.41. The highest BCUT2D eigenvalue weighted by Gasteiger charge is 2.31. The first-order valence-electron chi connectivity index (χ1n) is 4.28. The Morgan fingerprint density at radius 1 is 1.46 bits per heavy atom. The summed E-state index contributed by atoms with van der Waals surface area (Å²) in [5.74, 6) is 0.931. The third-order valence-electron chi connectivity index (χ3n) is 2.17. The van der Waals surface area contributed by atoms with E-state index in [1.807, 2.05) is 13.8 Å². The van der Waals surface area contributed by atoms with E-state index in [0.29, 0.717) is 5.69 Å². The van der Waals surface area contributed by atoms with Crippen molar-refractivity contribution in [2.75, 3.05) is 5.73 Å². The van der Waals surface area contributed by atoms with Gasteiger partial charge in [-0.3, -0.25) is 0 Å². The minimum absolute atomic E-state index is 0.204. The van der Waals surface area contributed by atoms with Crippen molar-refractivity contribution in [3.05, 3.63) is 17.7 Å². The molecule has 0 saturated heterocycles. The average molecular weight is 179 g/mol. The molecule has 2 rings (SSSR count). The third kappa shape index (κ3) is 1.30. The van der Waals surface area contributed by atoms with Crippen LogP contribution in [0.2, 0.25) is 0 Å². The van der Waals surface area contributed by atoms with Crippen molar-refractivity contribution in [1.82, 2.24) is 0 Å². The van der Waals surface area contributed by atoms with Gasteiger partial charge in [0, 0.05) is 18.1 Å². The van der Waals surface area contributed by atoms with E-state index >= 15 is 0 Å². The largest absolute Gasteiger partial charge is 0.508 e. The summed E-state index contributed by atoms with van der Waals surface area (Å²) >= 11 is 0.